The third-order valence-corrected chi connectivity index (χ3v) is 21.6. The summed E-state index contributed by atoms with van der Waals surface area (Å²) >= 11 is 4.23. The van der Waals surface area contributed by atoms with Crippen LogP contribution in [0.15, 0.2) is 14.4 Å². The van der Waals surface area contributed by atoms with E-state index in [1.165, 1.54) is 286 Å². The number of nitrogens with zero attached hydrogens (tertiary/aromatic N) is 3. The number of hydrogen-bond donors (Lipinski definition) is 0. The van der Waals surface area contributed by atoms with Crippen molar-refractivity contribution >= 4 is 71.1 Å². The summed E-state index contributed by atoms with van der Waals surface area (Å²) in [7, 11) is 0. The fraction of sp³-hybridized carbons (Fsp3) is 0.889. The van der Waals surface area contributed by atoms with Gasteiger partial charge >= 0.3 is 52.9 Å². The zero-order chi connectivity index (χ0) is 74.1. The van der Waals surface area contributed by atoms with Crippen LogP contribution in [0.25, 0.3) is 0 Å². The van der Waals surface area contributed by atoms with Gasteiger partial charge in [0.05, 0.1) is 78.0 Å². The first-order valence-electron chi connectivity index (χ1n) is 41.6. The van der Waals surface area contributed by atoms with Crippen molar-refractivity contribution in [3.63, 3.8) is 0 Å². The van der Waals surface area contributed by atoms with Gasteiger partial charge in [0.2, 0.25) is 0 Å². The highest BCUT2D eigenvalue weighted by molar-refractivity contribution is 7.99. The molecule has 0 N–H and O–H groups in total. The molecule has 0 aromatic carbocycles. The number of hydrogen-bond acceptors (Lipinski definition) is 18. The molecule has 1 rings (SSSR count). The average Bonchev–Trinajstić information content (AvgIpc) is 0.788. The summed E-state index contributed by atoms with van der Waals surface area (Å²) in [4.78, 5) is 116. The Morgan fingerprint density at radius 1 is 0.216 bits per heavy atom. The minimum absolute atomic E-state index is 0.0175. The fourth-order valence-corrected chi connectivity index (χ4v) is 14.7. The lowest BCUT2D eigenvalue weighted by molar-refractivity contribution is -0.144. The van der Waals surface area contributed by atoms with Crippen LogP contribution in [0, 0.1) is 0 Å². The minimum atomic E-state index is -0.999. The summed E-state index contributed by atoms with van der Waals surface area (Å²) in [6.07, 6.45) is 61.9. The molecule has 102 heavy (non-hydrogen) atoms. The minimum Gasteiger partial charge on any atom is -0.466 e. The highest BCUT2D eigenvalue weighted by Crippen LogP contribution is 2.19. The summed E-state index contributed by atoms with van der Waals surface area (Å²) in [5.41, 5.74) is -3.00. The predicted molar refractivity (Wildman–Crippen MR) is 423 cm³/mol. The molecule has 0 saturated carbocycles. The number of ether oxygens (including phenoxy) is 6. The molecule has 0 saturated heterocycles. The number of aromatic nitrogens is 3. The zero-order valence-electron chi connectivity index (χ0n) is 65.0. The molecule has 594 valence electrons. The lowest BCUT2D eigenvalue weighted by atomic mass is 10.0. The maximum absolute atomic E-state index is 13.7. The second kappa shape index (κ2) is 74.1. The maximum atomic E-state index is 13.7. The van der Waals surface area contributed by atoms with Gasteiger partial charge in [-0.25, -0.2) is 28.1 Å². The van der Waals surface area contributed by atoms with Gasteiger partial charge in [0.1, 0.15) is 19.8 Å². The van der Waals surface area contributed by atoms with E-state index in [0.717, 1.165) is 71.5 Å². The Balaban J connectivity index is 2.53. The van der Waals surface area contributed by atoms with Gasteiger partial charge < -0.3 is 28.4 Å². The molecule has 0 amide bonds. The molecule has 0 unspecified atom stereocenters. The maximum Gasteiger partial charge on any atom is 0.336 e. The fourth-order valence-electron chi connectivity index (χ4n) is 12.2. The first kappa shape index (κ1) is 96.3. The van der Waals surface area contributed by atoms with E-state index in [1.807, 2.05) is 0 Å². The SMILES string of the molecule is CCCCCCCCCCCCCCCCCCOC(=O)CCSCCC(=O)OCCn1c(=O)n(CCOC(=O)CCSCCC(=O)OCCCCCCCCCCCCCCCCCC)c(=O)n(CCOC(=O)CCSCCC(=O)OCCCCCCCCCCCCCCCCCC)c1=O. The van der Waals surface area contributed by atoms with E-state index in [1.54, 1.807) is 0 Å². The number of carbonyl (C=O) groups is 6. The quantitative estimate of drug-likeness (QED) is 0.0336. The van der Waals surface area contributed by atoms with Gasteiger partial charge in [-0.1, -0.05) is 310 Å². The van der Waals surface area contributed by atoms with Gasteiger partial charge in [-0.3, -0.25) is 28.8 Å². The number of carbonyl (C=O) groups excluding carboxylic acids is 6. The Morgan fingerprint density at radius 3 is 0.510 bits per heavy atom. The molecular formula is C81H147N3O15S3. The van der Waals surface area contributed by atoms with Crippen LogP contribution in [0.5, 0.6) is 0 Å². The summed E-state index contributed by atoms with van der Waals surface area (Å²) in [6.45, 7) is 5.73. The molecule has 0 atom stereocenters. The molecule has 21 heteroatoms. The summed E-state index contributed by atoms with van der Waals surface area (Å²) in [6, 6.07) is 0. The Hall–Kier alpha value is -3.72. The Labute approximate surface area is 631 Å². The van der Waals surface area contributed by atoms with E-state index >= 15 is 0 Å². The van der Waals surface area contributed by atoms with Gasteiger partial charge in [0, 0.05) is 34.5 Å². The van der Waals surface area contributed by atoms with Gasteiger partial charge in [-0.2, -0.15) is 35.3 Å². The summed E-state index contributed by atoms with van der Waals surface area (Å²) in [5.74, 6) is -0.00172. The van der Waals surface area contributed by atoms with Gasteiger partial charge in [-0.15, -0.1) is 0 Å². The summed E-state index contributed by atoms with van der Waals surface area (Å²) in [5, 5.41) is 0. The Morgan fingerprint density at radius 2 is 0.353 bits per heavy atom. The Kier molecular flexibility index (Phi) is 70.0. The Bertz CT molecular complexity index is 2080. The smallest absolute Gasteiger partial charge is 0.336 e. The molecule has 1 aromatic heterocycles. The van der Waals surface area contributed by atoms with E-state index in [9.17, 15) is 43.2 Å². The van der Waals surface area contributed by atoms with Crippen LogP contribution in [-0.4, -0.2) is 124 Å². The first-order chi connectivity index (χ1) is 49.9. The van der Waals surface area contributed by atoms with Crippen molar-refractivity contribution in [3.05, 3.63) is 31.5 Å². The van der Waals surface area contributed by atoms with Crippen LogP contribution in [0.4, 0.5) is 0 Å². The molecule has 1 aromatic rings. The lowest BCUT2D eigenvalue weighted by Gasteiger charge is -2.14. The van der Waals surface area contributed by atoms with E-state index in [0.29, 0.717) is 54.3 Å². The monoisotopic (exact) mass is 1500 g/mol. The van der Waals surface area contributed by atoms with Crippen LogP contribution in [0.1, 0.15) is 367 Å². The van der Waals surface area contributed by atoms with Crippen molar-refractivity contribution in [3.8, 4) is 0 Å². The third-order valence-electron chi connectivity index (χ3n) is 18.6. The molecule has 0 aliphatic carbocycles. The molecule has 18 nitrogen and oxygen atoms in total. The second-order valence-corrected chi connectivity index (χ2v) is 31.5. The van der Waals surface area contributed by atoms with Crippen LogP contribution in [0.3, 0.4) is 0 Å². The average molecular weight is 1500 g/mol. The topological polar surface area (TPSA) is 224 Å². The zero-order valence-corrected chi connectivity index (χ0v) is 67.4. The van der Waals surface area contributed by atoms with Crippen LogP contribution >= 0.6 is 35.3 Å². The van der Waals surface area contributed by atoms with E-state index in [4.69, 9.17) is 28.4 Å². The van der Waals surface area contributed by atoms with Crippen LogP contribution in [0.2, 0.25) is 0 Å². The standard InChI is InChI=1S/C81H147N3O15S3/c1-4-7-10-13-16-19-22-25-28-31-34-37-40-43-46-49-61-94-73(85)52-67-100-70-55-76(88)97-64-58-82-79(91)83(59-65-98-77(89)56-71-101-68-53-74(86)95-62-50-47-44-41-38-35-32-29-26-23-20-17-14-11-8-5-2)81(93)84(80(82)92)60-66-99-78(90)57-72-102-69-54-75(87)96-63-51-48-45-42-39-36-33-30-27-24-21-18-15-12-9-6-3/h4-72H2,1-3H3. The van der Waals surface area contributed by atoms with Gasteiger partial charge in [-0.05, 0) is 19.3 Å². The van der Waals surface area contributed by atoms with Crippen molar-refractivity contribution in [2.45, 2.75) is 387 Å². The van der Waals surface area contributed by atoms with Crippen molar-refractivity contribution < 1.29 is 57.2 Å². The first-order valence-corrected chi connectivity index (χ1v) is 45.0. The highest BCUT2D eigenvalue weighted by atomic mass is 32.2. The molecule has 0 fully saturated rings. The summed E-state index contributed by atoms with van der Waals surface area (Å²) < 4.78 is 34.7. The van der Waals surface area contributed by atoms with Crippen molar-refractivity contribution in [2.24, 2.45) is 0 Å². The van der Waals surface area contributed by atoms with E-state index in [2.05, 4.69) is 20.8 Å². The number of rotatable bonds is 78. The molecule has 0 aliphatic heterocycles. The molecule has 0 radical (unpaired) electrons. The van der Waals surface area contributed by atoms with E-state index in [-0.39, 0.29) is 76.3 Å². The highest BCUT2D eigenvalue weighted by Gasteiger charge is 2.18. The number of unbranched alkanes of at least 4 members (excludes halogenated alkanes) is 45. The van der Waals surface area contributed by atoms with Crippen molar-refractivity contribution in [1.29, 1.82) is 0 Å². The number of esters is 6. The van der Waals surface area contributed by atoms with E-state index < -0.39 is 54.6 Å². The molecule has 0 aliphatic rings. The second-order valence-electron chi connectivity index (χ2n) is 27.9. The molecule has 1 heterocycles. The predicted octanol–water partition coefficient (Wildman–Crippen LogP) is 19.8. The molecule has 0 spiro atoms. The lowest BCUT2D eigenvalue weighted by Crippen LogP contribution is -2.55. The van der Waals surface area contributed by atoms with Crippen molar-refractivity contribution in [1.82, 2.24) is 13.7 Å². The van der Waals surface area contributed by atoms with Crippen LogP contribution in [-0.2, 0) is 76.8 Å². The third kappa shape index (κ3) is 61.4. The van der Waals surface area contributed by atoms with Gasteiger partial charge in [0.25, 0.3) is 0 Å². The molecule has 0 bridgehead atoms. The normalized spacial score (nSPS) is 11.3. The van der Waals surface area contributed by atoms with Crippen LogP contribution < -0.4 is 17.1 Å². The largest absolute Gasteiger partial charge is 0.466 e. The van der Waals surface area contributed by atoms with Crippen molar-refractivity contribution in [2.75, 3.05) is 74.2 Å². The number of thioether (sulfide) groups is 3. The molecular weight excluding hydrogens is 1350 g/mol. The van der Waals surface area contributed by atoms with Gasteiger partial charge in [0.15, 0.2) is 0 Å².